The van der Waals surface area contributed by atoms with Crippen LogP contribution in [0.25, 0.3) is 10.9 Å². The quantitative estimate of drug-likeness (QED) is 0.369. The third kappa shape index (κ3) is 5.56. The van der Waals surface area contributed by atoms with Crippen molar-refractivity contribution in [1.82, 2.24) is 20.3 Å². The summed E-state index contributed by atoms with van der Waals surface area (Å²) in [6, 6.07) is 7.55. The van der Waals surface area contributed by atoms with Gasteiger partial charge in [-0.15, -0.1) is 0 Å². The molecule has 1 aliphatic rings. The monoisotopic (exact) mass is 465 g/mol. The van der Waals surface area contributed by atoms with Crippen LogP contribution in [0.15, 0.2) is 36.7 Å². The van der Waals surface area contributed by atoms with Gasteiger partial charge in [-0.3, -0.25) is 4.79 Å². The smallest absolute Gasteiger partial charge is 0.407 e. The summed E-state index contributed by atoms with van der Waals surface area (Å²) >= 11 is 0. The predicted octanol–water partition coefficient (Wildman–Crippen LogP) is 4.05. The summed E-state index contributed by atoms with van der Waals surface area (Å²) in [7, 11) is 0. The van der Waals surface area contributed by atoms with Gasteiger partial charge in [0.15, 0.2) is 11.5 Å². The van der Waals surface area contributed by atoms with Crippen LogP contribution in [0.3, 0.4) is 0 Å². The maximum Gasteiger partial charge on any atom is 0.407 e. The molecule has 1 aromatic carbocycles. The Labute approximate surface area is 198 Å². The predicted molar refractivity (Wildman–Crippen MR) is 131 cm³/mol. The van der Waals surface area contributed by atoms with Crippen molar-refractivity contribution in [2.45, 2.75) is 64.1 Å². The molecular weight excluding hydrogens is 434 g/mol. The Balaban J connectivity index is 1.55. The first-order chi connectivity index (χ1) is 16.2. The molecule has 0 saturated heterocycles. The van der Waals surface area contributed by atoms with Gasteiger partial charge >= 0.3 is 6.09 Å². The average molecular weight is 466 g/mol. The van der Waals surface area contributed by atoms with Crippen LogP contribution in [0, 0.1) is 0 Å². The molecule has 1 saturated carbocycles. The zero-order chi connectivity index (χ0) is 24.3. The van der Waals surface area contributed by atoms with Crippen molar-refractivity contribution in [2.75, 3.05) is 10.6 Å². The van der Waals surface area contributed by atoms with Crippen molar-refractivity contribution >= 4 is 40.2 Å². The van der Waals surface area contributed by atoms with Crippen LogP contribution in [0.4, 0.5) is 22.1 Å². The van der Waals surface area contributed by atoms with E-state index in [1.54, 1.807) is 0 Å². The number of nitrogens with one attached hydrogen (secondary N) is 4. The molecule has 0 spiro atoms. The summed E-state index contributed by atoms with van der Waals surface area (Å²) in [5, 5.41) is 10.6. The molecule has 6 N–H and O–H groups in total. The normalized spacial score (nSPS) is 18.3. The van der Waals surface area contributed by atoms with Crippen LogP contribution in [0.2, 0.25) is 0 Å². The van der Waals surface area contributed by atoms with Gasteiger partial charge in [-0.05, 0) is 45.7 Å². The summed E-state index contributed by atoms with van der Waals surface area (Å²) in [6.45, 7) is 5.50. The fourth-order valence-corrected chi connectivity index (χ4v) is 4.17. The number of aromatic amines is 1. The SMILES string of the molecule is CC(C)(C)OC(=O)N[C@H]1CCCC[C@H]1Nc1cnc(C(N)=O)c(Nc2cccc3cc[nH]c23)n1. The van der Waals surface area contributed by atoms with Gasteiger partial charge in [0.2, 0.25) is 0 Å². The summed E-state index contributed by atoms with van der Waals surface area (Å²) in [6.07, 6.45) is 6.60. The minimum absolute atomic E-state index is 0.0428. The van der Waals surface area contributed by atoms with Crippen molar-refractivity contribution in [2.24, 2.45) is 5.73 Å². The van der Waals surface area contributed by atoms with Crippen LogP contribution in [-0.4, -0.2) is 44.6 Å². The van der Waals surface area contributed by atoms with Crippen molar-refractivity contribution in [3.63, 3.8) is 0 Å². The number of benzene rings is 1. The number of carbonyl (C=O) groups is 2. The Morgan fingerprint density at radius 3 is 2.65 bits per heavy atom. The van der Waals surface area contributed by atoms with E-state index in [0.29, 0.717) is 5.82 Å². The second kappa shape index (κ2) is 9.58. The number of hydrogen-bond acceptors (Lipinski definition) is 7. The third-order valence-corrected chi connectivity index (χ3v) is 5.65. The number of alkyl carbamates (subject to hydrolysis) is 1. The zero-order valence-corrected chi connectivity index (χ0v) is 19.6. The van der Waals surface area contributed by atoms with Crippen LogP contribution >= 0.6 is 0 Å². The molecule has 10 nitrogen and oxygen atoms in total. The Morgan fingerprint density at radius 2 is 1.91 bits per heavy atom. The van der Waals surface area contributed by atoms with Crippen LogP contribution in [0.5, 0.6) is 0 Å². The third-order valence-electron chi connectivity index (χ3n) is 5.65. The number of amides is 2. The minimum atomic E-state index is -0.678. The zero-order valence-electron chi connectivity index (χ0n) is 19.6. The Bertz CT molecular complexity index is 1180. The lowest BCUT2D eigenvalue weighted by atomic mass is 9.90. The van der Waals surface area contributed by atoms with E-state index in [4.69, 9.17) is 10.5 Å². The second-order valence-corrected chi connectivity index (χ2v) is 9.48. The van der Waals surface area contributed by atoms with Gasteiger partial charge in [-0.1, -0.05) is 25.0 Å². The fourth-order valence-electron chi connectivity index (χ4n) is 4.17. The average Bonchev–Trinajstić information content (AvgIpc) is 3.24. The van der Waals surface area contributed by atoms with E-state index in [2.05, 4.69) is 30.9 Å². The molecular formula is C24H31N7O3. The first-order valence-electron chi connectivity index (χ1n) is 11.5. The number of nitrogens with zero attached hydrogens (tertiary/aromatic N) is 2. The van der Waals surface area contributed by atoms with Gasteiger partial charge in [-0.2, -0.15) is 0 Å². The summed E-state index contributed by atoms with van der Waals surface area (Å²) in [5.41, 5.74) is 6.66. The molecule has 2 atom stereocenters. The summed E-state index contributed by atoms with van der Waals surface area (Å²) < 4.78 is 5.42. The molecule has 0 unspecified atom stereocenters. The number of hydrogen-bond donors (Lipinski definition) is 5. The van der Waals surface area contributed by atoms with Crippen LogP contribution in [-0.2, 0) is 4.74 Å². The molecule has 1 aliphatic carbocycles. The molecule has 1 fully saturated rings. The van der Waals surface area contributed by atoms with E-state index in [0.717, 1.165) is 42.3 Å². The number of aromatic nitrogens is 3. The highest BCUT2D eigenvalue weighted by Crippen LogP contribution is 2.27. The lowest BCUT2D eigenvalue weighted by Crippen LogP contribution is -2.49. The van der Waals surface area contributed by atoms with Crippen molar-refractivity contribution < 1.29 is 14.3 Å². The number of H-pyrrole nitrogens is 1. The van der Waals surface area contributed by atoms with Gasteiger partial charge < -0.3 is 31.4 Å². The summed E-state index contributed by atoms with van der Waals surface area (Å²) in [5.74, 6) is 0.0588. The Hall–Kier alpha value is -3.82. The van der Waals surface area contributed by atoms with E-state index in [1.807, 2.05) is 51.2 Å². The molecule has 180 valence electrons. The molecule has 2 heterocycles. The van der Waals surface area contributed by atoms with Gasteiger partial charge in [-0.25, -0.2) is 14.8 Å². The van der Waals surface area contributed by atoms with Gasteiger partial charge in [0.1, 0.15) is 11.4 Å². The number of para-hydroxylation sites is 1. The minimum Gasteiger partial charge on any atom is -0.444 e. The number of primary amides is 1. The lowest BCUT2D eigenvalue weighted by Gasteiger charge is -2.33. The maximum atomic E-state index is 12.3. The van der Waals surface area contributed by atoms with E-state index in [9.17, 15) is 9.59 Å². The molecule has 3 aromatic rings. The van der Waals surface area contributed by atoms with E-state index in [1.165, 1.54) is 6.20 Å². The fraction of sp³-hybridized carbons (Fsp3) is 0.417. The first-order valence-corrected chi connectivity index (χ1v) is 11.5. The molecule has 4 rings (SSSR count). The topological polar surface area (TPSA) is 147 Å². The number of fused-ring (bicyclic) bond motifs is 1. The molecule has 34 heavy (non-hydrogen) atoms. The van der Waals surface area contributed by atoms with Gasteiger partial charge in [0.05, 0.1) is 23.4 Å². The Morgan fingerprint density at radius 1 is 1.15 bits per heavy atom. The van der Waals surface area contributed by atoms with Crippen molar-refractivity contribution in [3.05, 3.63) is 42.4 Å². The molecule has 2 amide bonds. The number of nitrogens with two attached hydrogens (primary N) is 1. The molecule has 0 aliphatic heterocycles. The second-order valence-electron chi connectivity index (χ2n) is 9.48. The van der Waals surface area contributed by atoms with Crippen LogP contribution < -0.4 is 21.7 Å². The van der Waals surface area contributed by atoms with Crippen molar-refractivity contribution in [1.29, 1.82) is 0 Å². The number of ether oxygens (including phenoxy) is 1. The maximum absolute atomic E-state index is 12.3. The number of rotatable bonds is 6. The van der Waals surface area contributed by atoms with E-state index in [-0.39, 0.29) is 23.6 Å². The summed E-state index contributed by atoms with van der Waals surface area (Å²) in [4.78, 5) is 36.4. The highest BCUT2D eigenvalue weighted by atomic mass is 16.6. The molecule has 10 heteroatoms. The standard InChI is InChI=1S/C24H31N7O3/c1-24(2,3)34-23(33)30-16-9-5-4-8-15(16)28-18-13-27-20(21(25)32)22(31-18)29-17-10-6-7-14-11-12-26-19(14)17/h6-7,10-13,15-16,26H,4-5,8-9H2,1-3H3,(H2,25,32)(H,30,33)(H2,28,29,31)/t15-,16+/m1/s1. The molecule has 2 aromatic heterocycles. The first kappa shape index (κ1) is 23.3. The van der Waals surface area contributed by atoms with E-state index < -0.39 is 17.6 Å². The molecule has 0 bridgehead atoms. The largest absolute Gasteiger partial charge is 0.444 e. The number of carbonyl (C=O) groups excluding carboxylic acids is 2. The highest BCUT2D eigenvalue weighted by Gasteiger charge is 2.29. The van der Waals surface area contributed by atoms with Gasteiger partial charge in [0.25, 0.3) is 5.91 Å². The van der Waals surface area contributed by atoms with Crippen LogP contribution in [0.1, 0.15) is 56.9 Å². The van der Waals surface area contributed by atoms with E-state index >= 15 is 0 Å². The highest BCUT2D eigenvalue weighted by molar-refractivity contribution is 5.98. The van der Waals surface area contributed by atoms with Crippen molar-refractivity contribution in [3.8, 4) is 0 Å². The van der Waals surface area contributed by atoms with Gasteiger partial charge in [0, 0.05) is 17.6 Å². The number of anilines is 3. The lowest BCUT2D eigenvalue weighted by molar-refractivity contribution is 0.0488. The molecule has 0 radical (unpaired) electrons. The Kier molecular flexibility index (Phi) is 6.58.